The lowest BCUT2D eigenvalue weighted by atomic mass is 9.89. The Hall–Kier alpha value is -6.22. The Balaban J connectivity index is 0.950. The second-order valence-electron chi connectivity index (χ2n) is 17.2. The van der Waals surface area contributed by atoms with E-state index in [9.17, 15) is 19.2 Å². The van der Waals surface area contributed by atoms with Gasteiger partial charge in [0.2, 0.25) is 11.8 Å². The van der Waals surface area contributed by atoms with E-state index in [0.717, 1.165) is 75.9 Å². The van der Waals surface area contributed by atoms with E-state index in [-0.39, 0.29) is 29.7 Å². The minimum atomic E-state index is -0.706. The average molecular weight is 845 g/mol. The molecule has 4 N–H and O–H groups in total. The summed E-state index contributed by atoms with van der Waals surface area (Å²) in [6, 6.07) is 19.5. The van der Waals surface area contributed by atoms with Gasteiger partial charge >= 0.3 is 12.2 Å². The summed E-state index contributed by atoms with van der Waals surface area (Å²) in [5.41, 5.74) is 5.19. The number of hydrogen-bond donors (Lipinski definition) is 4. The number of fused-ring (bicyclic) bond motifs is 1. The van der Waals surface area contributed by atoms with Crippen LogP contribution >= 0.6 is 0 Å². The van der Waals surface area contributed by atoms with E-state index in [2.05, 4.69) is 81.3 Å². The number of carbonyl (C=O) groups is 4. The van der Waals surface area contributed by atoms with E-state index in [4.69, 9.17) is 24.2 Å². The number of nitrogens with zero attached hydrogens (tertiary/aromatic N) is 4. The minimum Gasteiger partial charge on any atom is -0.453 e. The molecule has 3 fully saturated rings. The van der Waals surface area contributed by atoms with Crippen molar-refractivity contribution in [2.24, 2.45) is 11.8 Å². The van der Waals surface area contributed by atoms with Crippen LogP contribution in [0, 0.1) is 11.8 Å². The highest BCUT2D eigenvalue weighted by atomic mass is 16.5. The molecule has 5 aromatic rings. The molecule has 0 spiro atoms. The van der Waals surface area contributed by atoms with E-state index < -0.39 is 29.8 Å². The smallest absolute Gasteiger partial charge is 0.407 e. The third-order valence-electron chi connectivity index (χ3n) is 13.0. The average Bonchev–Trinajstić information content (AvgIpc) is 4.14. The number of likely N-dealkylation sites (tertiary alicyclic amines) is 2. The summed E-state index contributed by atoms with van der Waals surface area (Å²) in [5, 5.41) is 7.72. The number of alkyl carbamates (subject to hydrolysis) is 2. The Kier molecular flexibility index (Phi) is 12.3. The molecule has 3 aromatic carbocycles. The Morgan fingerprint density at radius 2 is 1.39 bits per heavy atom. The predicted octanol–water partition coefficient (Wildman–Crippen LogP) is 7.32. The number of amides is 4. The monoisotopic (exact) mass is 844 g/mol. The second kappa shape index (κ2) is 18.0. The van der Waals surface area contributed by atoms with Crippen molar-refractivity contribution in [3.63, 3.8) is 0 Å². The SMILES string of the molecule is COC(=O)N[C@H](C(=O)N1CCC[C@H]1c1ncc(-c2ccc(-c3ccc4cc(-c5cnc([C@]6(C)CCCN6C(=O)[C@@H](NC(=O)OC)C6CCOCC6)[nH]5)ccc4c3)cc2)[nH]1)C(C)C. The topological polar surface area (TPSA) is 184 Å². The molecule has 0 radical (unpaired) electrons. The van der Waals surface area contributed by atoms with E-state index in [1.807, 2.05) is 43.0 Å². The first-order chi connectivity index (χ1) is 30.0. The fourth-order valence-electron chi connectivity index (χ4n) is 9.37. The largest absolute Gasteiger partial charge is 0.453 e. The van der Waals surface area contributed by atoms with Crippen LogP contribution in [-0.2, 0) is 29.3 Å². The molecule has 3 aliphatic heterocycles. The van der Waals surface area contributed by atoms with Gasteiger partial charge in [-0.15, -0.1) is 0 Å². The predicted molar refractivity (Wildman–Crippen MR) is 234 cm³/mol. The van der Waals surface area contributed by atoms with Gasteiger partial charge in [0.15, 0.2) is 0 Å². The summed E-state index contributed by atoms with van der Waals surface area (Å²) in [5.74, 6) is 1.03. The summed E-state index contributed by atoms with van der Waals surface area (Å²) in [4.78, 5) is 72.4. The van der Waals surface area contributed by atoms with Crippen molar-refractivity contribution in [1.29, 1.82) is 0 Å². The van der Waals surface area contributed by atoms with Crippen LogP contribution in [0.25, 0.3) is 44.4 Å². The fourth-order valence-corrected chi connectivity index (χ4v) is 9.37. The van der Waals surface area contributed by atoms with Crippen LogP contribution in [0.2, 0.25) is 0 Å². The molecule has 15 heteroatoms. The first-order valence-corrected chi connectivity index (χ1v) is 21.6. The number of aromatic amines is 2. The number of nitrogens with one attached hydrogen (secondary N) is 4. The van der Waals surface area contributed by atoms with Gasteiger partial charge in [0.25, 0.3) is 0 Å². The molecule has 5 heterocycles. The van der Waals surface area contributed by atoms with Gasteiger partial charge in [0.05, 0.1) is 49.6 Å². The third kappa shape index (κ3) is 8.50. The van der Waals surface area contributed by atoms with Gasteiger partial charge in [0.1, 0.15) is 23.7 Å². The van der Waals surface area contributed by atoms with Gasteiger partial charge in [-0.2, -0.15) is 0 Å². The molecular formula is C47H56N8O7. The van der Waals surface area contributed by atoms with E-state index in [0.29, 0.717) is 45.0 Å². The van der Waals surface area contributed by atoms with Crippen molar-refractivity contribution in [3.8, 4) is 33.6 Å². The van der Waals surface area contributed by atoms with Crippen LogP contribution < -0.4 is 10.6 Å². The molecule has 326 valence electrons. The maximum Gasteiger partial charge on any atom is 0.407 e. The molecule has 0 unspecified atom stereocenters. The maximum atomic E-state index is 14.2. The van der Waals surface area contributed by atoms with Crippen LogP contribution in [0.1, 0.15) is 77.0 Å². The zero-order chi connectivity index (χ0) is 43.5. The van der Waals surface area contributed by atoms with Gasteiger partial charge in [0, 0.05) is 31.9 Å². The number of carbonyl (C=O) groups excluding carboxylic acids is 4. The molecule has 62 heavy (non-hydrogen) atoms. The highest BCUT2D eigenvalue weighted by Gasteiger charge is 2.47. The van der Waals surface area contributed by atoms with Crippen molar-refractivity contribution in [1.82, 2.24) is 40.4 Å². The molecule has 4 atom stereocenters. The zero-order valence-electron chi connectivity index (χ0n) is 36.0. The highest BCUT2D eigenvalue weighted by Crippen LogP contribution is 2.40. The normalized spacial score (nSPS) is 20.3. The molecule has 3 aliphatic rings. The van der Waals surface area contributed by atoms with E-state index >= 15 is 0 Å². The molecule has 8 rings (SSSR count). The number of benzene rings is 3. The zero-order valence-corrected chi connectivity index (χ0v) is 36.0. The first kappa shape index (κ1) is 42.5. The van der Waals surface area contributed by atoms with Gasteiger partial charge in [-0.05, 0) is 96.9 Å². The van der Waals surface area contributed by atoms with E-state index in [1.165, 1.54) is 14.2 Å². The van der Waals surface area contributed by atoms with Crippen molar-refractivity contribution in [2.75, 3.05) is 40.5 Å². The summed E-state index contributed by atoms with van der Waals surface area (Å²) < 4.78 is 15.2. The number of methoxy groups -OCH3 is 2. The van der Waals surface area contributed by atoms with Crippen LogP contribution in [0.15, 0.2) is 73.1 Å². The quantitative estimate of drug-likeness (QED) is 0.106. The number of aromatic nitrogens is 4. The molecule has 3 saturated heterocycles. The number of hydrogen-bond acceptors (Lipinski definition) is 9. The van der Waals surface area contributed by atoms with Crippen LogP contribution in [0.4, 0.5) is 9.59 Å². The molecule has 0 aliphatic carbocycles. The molecule has 15 nitrogen and oxygen atoms in total. The molecule has 0 bridgehead atoms. The summed E-state index contributed by atoms with van der Waals surface area (Å²) >= 11 is 0. The van der Waals surface area contributed by atoms with Crippen LogP contribution in [0.3, 0.4) is 0 Å². The molecule has 2 aromatic heterocycles. The van der Waals surface area contributed by atoms with E-state index in [1.54, 1.807) is 0 Å². The number of ether oxygens (including phenoxy) is 3. The van der Waals surface area contributed by atoms with Crippen molar-refractivity contribution in [2.45, 2.75) is 83.0 Å². The highest BCUT2D eigenvalue weighted by molar-refractivity contribution is 5.91. The fraction of sp³-hybridized carbons (Fsp3) is 0.447. The summed E-state index contributed by atoms with van der Waals surface area (Å²) in [6.45, 7) is 8.13. The minimum absolute atomic E-state index is 0.0427. The lowest BCUT2D eigenvalue weighted by molar-refractivity contribution is -0.140. The van der Waals surface area contributed by atoms with Gasteiger partial charge in [-0.25, -0.2) is 19.6 Å². The lowest BCUT2D eigenvalue weighted by Crippen LogP contribution is -2.56. The van der Waals surface area contributed by atoms with Gasteiger partial charge in [-0.3, -0.25) is 9.59 Å². The van der Waals surface area contributed by atoms with Gasteiger partial charge < -0.3 is 44.6 Å². The third-order valence-corrected chi connectivity index (χ3v) is 13.0. The lowest BCUT2D eigenvalue weighted by Gasteiger charge is -2.38. The Labute approximate surface area is 361 Å². The summed E-state index contributed by atoms with van der Waals surface area (Å²) in [6.07, 6.45) is 6.98. The van der Waals surface area contributed by atoms with Crippen LogP contribution in [0.5, 0.6) is 0 Å². The van der Waals surface area contributed by atoms with Gasteiger partial charge in [-0.1, -0.05) is 62.4 Å². The Morgan fingerprint density at radius 3 is 2.10 bits per heavy atom. The molecule has 4 amide bonds. The maximum absolute atomic E-state index is 14.2. The van der Waals surface area contributed by atoms with Crippen LogP contribution in [-0.4, -0.2) is 106 Å². The van der Waals surface area contributed by atoms with Crippen molar-refractivity contribution >= 4 is 34.8 Å². The number of rotatable bonds is 11. The summed E-state index contributed by atoms with van der Waals surface area (Å²) in [7, 11) is 2.60. The molecular weight excluding hydrogens is 789 g/mol. The second-order valence-corrected chi connectivity index (χ2v) is 17.2. The van der Waals surface area contributed by atoms with Crippen molar-refractivity contribution < 1.29 is 33.4 Å². The Bertz CT molecular complexity index is 2420. The molecule has 0 saturated carbocycles. The standard InChI is InChI=1S/C47H56N8O7/c1-28(2)39(52-45(58)60-4)42(56)54-20-6-8-38(54)41-48-26-36(50-41)30-11-9-29(10-12-30)32-13-14-34-25-35(16-15-33(34)24-32)37-27-49-44(51-37)47(3)19-7-21-55(47)43(57)40(53-46(59)61-5)31-17-22-62-23-18-31/h9-16,24-28,31,38-40H,6-8,17-23H2,1-5H3,(H,48,50)(H,49,51)(H,52,58)(H,53,59)/t38-,39-,40-,47-/m0/s1. The van der Waals surface area contributed by atoms with Crippen molar-refractivity contribution in [3.05, 3.63) is 84.7 Å². The number of imidazole rings is 2. The first-order valence-electron chi connectivity index (χ1n) is 21.6. The Morgan fingerprint density at radius 1 is 0.758 bits per heavy atom. The number of H-pyrrole nitrogens is 2.